The quantitative estimate of drug-likeness (QED) is 0.826. The Morgan fingerprint density at radius 1 is 1.33 bits per heavy atom. The van der Waals surface area contributed by atoms with Crippen molar-refractivity contribution in [3.05, 3.63) is 34.2 Å². The SMILES string of the molecule is Cc1cccc2c1S(=O)(=O)C(CCN)=C2. The van der Waals surface area contributed by atoms with Gasteiger partial charge in [-0.15, -0.1) is 0 Å². The van der Waals surface area contributed by atoms with Gasteiger partial charge in [-0.05, 0) is 37.1 Å². The summed E-state index contributed by atoms with van der Waals surface area (Å²) in [7, 11) is -3.26. The molecule has 0 saturated carbocycles. The number of sulfone groups is 1. The first-order valence-electron chi connectivity index (χ1n) is 4.82. The second kappa shape index (κ2) is 3.47. The molecule has 0 bridgehead atoms. The van der Waals surface area contributed by atoms with Crippen LogP contribution < -0.4 is 5.73 Å². The lowest BCUT2D eigenvalue weighted by atomic mass is 10.1. The van der Waals surface area contributed by atoms with Crippen LogP contribution in [0.2, 0.25) is 0 Å². The first-order valence-corrected chi connectivity index (χ1v) is 6.31. The van der Waals surface area contributed by atoms with Crippen molar-refractivity contribution < 1.29 is 8.42 Å². The van der Waals surface area contributed by atoms with Gasteiger partial charge in [0.15, 0.2) is 0 Å². The molecule has 2 N–H and O–H groups in total. The molecule has 0 radical (unpaired) electrons. The molecule has 0 spiro atoms. The van der Waals surface area contributed by atoms with Gasteiger partial charge in [0.25, 0.3) is 0 Å². The molecule has 0 aliphatic carbocycles. The van der Waals surface area contributed by atoms with Gasteiger partial charge in [0.05, 0.1) is 9.80 Å². The molecule has 1 aromatic rings. The summed E-state index contributed by atoms with van der Waals surface area (Å²) in [6, 6.07) is 5.50. The summed E-state index contributed by atoms with van der Waals surface area (Å²) in [4.78, 5) is 0.891. The van der Waals surface area contributed by atoms with E-state index in [2.05, 4.69) is 0 Å². The molecule has 0 amide bonds. The van der Waals surface area contributed by atoms with E-state index in [1.165, 1.54) is 0 Å². The third kappa shape index (κ3) is 1.50. The van der Waals surface area contributed by atoms with Gasteiger partial charge in [0, 0.05) is 0 Å². The van der Waals surface area contributed by atoms with E-state index in [0.717, 1.165) is 11.1 Å². The van der Waals surface area contributed by atoms with E-state index in [9.17, 15) is 8.42 Å². The Hall–Kier alpha value is -1.13. The zero-order chi connectivity index (χ0) is 11.1. The molecule has 0 fully saturated rings. The van der Waals surface area contributed by atoms with Crippen molar-refractivity contribution in [3.8, 4) is 0 Å². The number of hydrogen-bond acceptors (Lipinski definition) is 3. The minimum absolute atomic E-state index is 0.359. The molecule has 3 nitrogen and oxygen atoms in total. The number of nitrogens with two attached hydrogens (primary N) is 1. The van der Waals surface area contributed by atoms with Crippen molar-refractivity contribution >= 4 is 15.9 Å². The van der Waals surface area contributed by atoms with Gasteiger partial charge in [0.2, 0.25) is 9.84 Å². The Balaban J connectivity index is 2.64. The molecule has 0 saturated heterocycles. The Morgan fingerprint density at radius 2 is 2.07 bits per heavy atom. The van der Waals surface area contributed by atoms with Crippen LogP contribution in [0, 0.1) is 6.92 Å². The monoisotopic (exact) mass is 223 g/mol. The van der Waals surface area contributed by atoms with Crippen LogP contribution in [0.4, 0.5) is 0 Å². The number of benzene rings is 1. The Bertz CT molecular complexity index is 530. The standard InChI is InChI=1S/C11H13NO2S/c1-8-3-2-4-9-7-10(5-6-12)15(13,14)11(8)9/h2-4,7H,5-6,12H2,1H3. The van der Waals surface area contributed by atoms with Gasteiger partial charge in [0.1, 0.15) is 0 Å². The largest absolute Gasteiger partial charge is 0.330 e. The molecule has 0 aromatic heterocycles. The van der Waals surface area contributed by atoms with E-state index in [4.69, 9.17) is 5.73 Å². The summed E-state index contributed by atoms with van der Waals surface area (Å²) < 4.78 is 24.1. The fraction of sp³-hybridized carbons (Fsp3) is 0.273. The fourth-order valence-electron chi connectivity index (χ4n) is 1.89. The number of hydrogen-bond donors (Lipinski definition) is 1. The van der Waals surface area contributed by atoms with E-state index in [0.29, 0.717) is 22.8 Å². The molecular formula is C11H13NO2S. The average Bonchev–Trinajstić information content (AvgIpc) is 2.40. The van der Waals surface area contributed by atoms with Crippen molar-refractivity contribution in [2.75, 3.05) is 6.54 Å². The molecule has 4 heteroatoms. The van der Waals surface area contributed by atoms with Gasteiger partial charge in [-0.2, -0.15) is 0 Å². The van der Waals surface area contributed by atoms with Gasteiger partial charge in [-0.1, -0.05) is 18.2 Å². The zero-order valence-corrected chi connectivity index (χ0v) is 9.34. The van der Waals surface area contributed by atoms with E-state index < -0.39 is 9.84 Å². The van der Waals surface area contributed by atoms with Crippen LogP contribution in [-0.4, -0.2) is 15.0 Å². The molecule has 0 atom stereocenters. The summed E-state index contributed by atoms with van der Waals surface area (Å²) in [5.41, 5.74) is 6.99. The minimum atomic E-state index is -3.26. The number of rotatable bonds is 2. The van der Waals surface area contributed by atoms with Crippen molar-refractivity contribution in [1.29, 1.82) is 0 Å². The third-order valence-corrected chi connectivity index (χ3v) is 4.67. The van der Waals surface area contributed by atoms with E-state index >= 15 is 0 Å². The van der Waals surface area contributed by atoms with Gasteiger partial charge in [-0.3, -0.25) is 0 Å². The van der Waals surface area contributed by atoms with Crippen LogP contribution in [-0.2, 0) is 9.84 Å². The normalized spacial score (nSPS) is 17.3. The van der Waals surface area contributed by atoms with E-state index in [1.54, 1.807) is 6.08 Å². The summed E-state index contributed by atoms with van der Waals surface area (Å²) in [6.07, 6.45) is 2.14. The maximum absolute atomic E-state index is 12.1. The smallest absolute Gasteiger partial charge is 0.203 e. The third-order valence-electron chi connectivity index (χ3n) is 2.56. The molecule has 2 rings (SSSR count). The second-order valence-electron chi connectivity index (χ2n) is 3.65. The number of aryl methyl sites for hydroxylation is 1. The van der Waals surface area contributed by atoms with Gasteiger partial charge >= 0.3 is 0 Å². The molecular weight excluding hydrogens is 210 g/mol. The van der Waals surface area contributed by atoms with Gasteiger partial charge in [-0.25, -0.2) is 8.42 Å². The molecule has 1 aliphatic heterocycles. The van der Waals surface area contributed by atoms with Crippen molar-refractivity contribution in [2.24, 2.45) is 5.73 Å². The van der Waals surface area contributed by atoms with E-state index in [-0.39, 0.29) is 0 Å². The Labute approximate surface area is 89.5 Å². The molecule has 1 aliphatic rings. The lowest BCUT2D eigenvalue weighted by molar-refractivity contribution is 0.601. The average molecular weight is 223 g/mol. The lowest BCUT2D eigenvalue weighted by Gasteiger charge is -2.04. The summed E-state index contributed by atoms with van der Waals surface area (Å²) in [6.45, 7) is 2.17. The highest BCUT2D eigenvalue weighted by molar-refractivity contribution is 7.95. The lowest BCUT2D eigenvalue weighted by Crippen LogP contribution is -2.07. The van der Waals surface area contributed by atoms with Crippen LogP contribution in [0.25, 0.3) is 6.08 Å². The topological polar surface area (TPSA) is 60.2 Å². The first-order chi connectivity index (χ1) is 7.07. The zero-order valence-electron chi connectivity index (χ0n) is 8.53. The Kier molecular flexibility index (Phi) is 2.40. The van der Waals surface area contributed by atoms with Crippen LogP contribution in [0.1, 0.15) is 17.5 Å². The molecule has 1 aromatic carbocycles. The minimum Gasteiger partial charge on any atom is -0.330 e. The highest BCUT2D eigenvalue weighted by Crippen LogP contribution is 2.36. The molecule has 15 heavy (non-hydrogen) atoms. The first kappa shape index (κ1) is 10.4. The summed E-state index contributed by atoms with van der Waals surface area (Å²) >= 11 is 0. The molecule has 1 heterocycles. The highest BCUT2D eigenvalue weighted by atomic mass is 32.2. The fourth-order valence-corrected chi connectivity index (χ4v) is 3.75. The maximum Gasteiger partial charge on any atom is 0.203 e. The number of fused-ring (bicyclic) bond motifs is 1. The molecule has 80 valence electrons. The van der Waals surface area contributed by atoms with Gasteiger partial charge < -0.3 is 5.73 Å². The molecule has 0 unspecified atom stereocenters. The summed E-state index contributed by atoms with van der Waals surface area (Å²) in [5, 5.41) is 0. The highest BCUT2D eigenvalue weighted by Gasteiger charge is 2.29. The van der Waals surface area contributed by atoms with Crippen LogP contribution >= 0.6 is 0 Å². The predicted molar refractivity (Wildman–Crippen MR) is 60.0 cm³/mol. The maximum atomic E-state index is 12.1. The Morgan fingerprint density at radius 3 is 2.67 bits per heavy atom. The van der Waals surface area contributed by atoms with Crippen LogP contribution in [0.3, 0.4) is 0 Å². The van der Waals surface area contributed by atoms with Crippen LogP contribution in [0.15, 0.2) is 28.0 Å². The van der Waals surface area contributed by atoms with Crippen molar-refractivity contribution in [1.82, 2.24) is 0 Å². The van der Waals surface area contributed by atoms with Crippen molar-refractivity contribution in [2.45, 2.75) is 18.2 Å². The predicted octanol–water partition coefficient (Wildman–Crippen LogP) is 1.47. The van der Waals surface area contributed by atoms with E-state index in [1.807, 2.05) is 25.1 Å². The second-order valence-corrected chi connectivity index (χ2v) is 5.59. The van der Waals surface area contributed by atoms with Crippen LogP contribution in [0.5, 0.6) is 0 Å². The summed E-state index contributed by atoms with van der Waals surface area (Å²) in [5.74, 6) is 0. The van der Waals surface area contributed by atoms with Crippen molar-refractivity contribution in [3.63, 3.8) is 0 Å².